The smallest absolute Gasteiger partial charge is 0.414 e. The summed E-state index contributed by atoms with van der Waals surface area (Å²) in [6.45, 7) is 0. The highest BCUT2D eigenvalue weighted by Crippen LogP contribution is 1.95. The topological polar surface area (TPSA) is 172 Å². The van der Waals surface area contributed by atoms with E-state index < -0.39 is 33.5 Å². The summed E-state index contributed by atoms with van der Waals surface area (Å²) in [7, 11) is -1.31. The van der Waals surface area contributed by atoms with E-state index in [4.69, 9.17) is 19.8 Å². The normalized spacial score (nSPS) is 22.5. The maximum Gasteiger partial charge on any atom is 0.414 e. The minimum atomic E-state index is -1.82. The number of hydrogen-bond acceptors (Lipinski definition) is 4. The lowest BCUT2D eigenvalue weighted by Gasteiger charge is -2.07. The molecule has 1 fully saturated rings. The standard InChI is InChI=1S/C4H8O2S2.C2H2O4.2H2O/c5-7-1-2-8(6)4-3-7;3-1(4)2(5)6;;/h1-4H2;(H,3,4)(H,5,6);2*1H2. The third-order valence-electron chi connectivity index (χ3n) is 1.26. The maximum absolute atomic E-state index is 10.6. The lowest BCUT2D eigenvalue weighted by atomic mass is 10.7. The molecule has 0 unspecified atom stereocenters. The molecular weight excluding hydrogens is 264 g/mol. The Labute approximate surface area is 96.2 Å². The zero-order valence-corrected chi connectivity index (χ0v) is 9.81. The molecule has 0 aromatic rings. The Bertz CT molecular complexity index is 236. The Morgan fingerprint density at radius 3 is 1.06 bits per heavy atom. The molecule has 0 radical (unpaired) electrons. The molecule has 0 aromatic heterocycles. The molecule has 0 aromatic carbocycles. The molecule has 0 spiro atoms. The molecular formula is C6H14O8S2. The van der Waals surface area contributed by atoms with E-state index in [1.54, 1.807) is 0 Å². The van der Waals surface area contributed by atoms with Crippen LogP contribution in [0.1, 0.15) is 0 Å². The molecule has 0 bridgehead atoms. The Hall–Kier alpha value is -0.840. The lowest BCUT2D eigenvalue weighted by molar-refractivity contribution is -0.159. The fourth-order valence-electron chi connectivity index (χ4n) is 0.576. The second-order valence-electron chi connectivity index (χ2n) is 2.31. The summed E-state index contributed by atoms with van der Waals surface area (Å²) in [5, 5.41) is 14.8. The van der Waals surface area contributed by atoms with Gasteiger partial charge in [0.25, 0.3) is 0 Å². The molecule has 1 saturated heterocycles. The number of carboxylic acid groups (broad SMARTS) is 2. The summed E-state index contributed by atoms with van der Waals surface area (Å²) in [4.78, 5) is 18.2. The highest BCUT2D eigenvalue weighted by Gasteiger charge is 2.11. The SMILES string of the molecule is O.O.O=C(O)C(=O)O.O=S1CCS(=O)CC1. The molecule has 1 aliphatic rings. The Morgan fingerprint density at radius 2 is 0.938 bits per heavy atom. The number of carboxylic acids is 2. The Balaban J connectivity index is -0.000000195. The molecule has 1 aliphatic heterocycles. The predicted octanol–water partition coefficient (Wildman–Crippen LogP) is -3.00. The van der Waals surface area contributed by atoms with Crippen molar-refractivity contribution in [3.05, 3.63) is 0 Å². The largest absolute Gasteiger partial charge is 0.473 e. The second-order valence-corrected chi connectivity index (χ2v) is 5.70. The first-order valence-corrected chi connectivity index (χ1v) is 6.57. The first kappa shape index (κ1) is 20.6. The van der Waals surface area contributed by atoms with Gasteiger partial charge in [-0.25, -0.2) is 9.59 Å². The van der Waals surface area contributed by atoms with Crippen LogP contribution >= 0.6 is 0 Å². The third kappa shape index (κ3) is 11.2. The minimum Gasteiger partial charge on any atom is -0.473 e. The van der Waals surface area contributed by atoms with Gasteiger partial charge in [-0.2, -0.15) is 0 Å². The van der Waals surface area contributed by atoms with E-state index >= 15 is 0 Å². The molecule has 6 N–H and O–H groups in total. The number of rotatable bonds is 0. The van der Waals surface area contributed by atoms with Gasteiger partial charge in [0.05, 0.1) is 0 Å². The summed E-state index contributed by atoms with van der Waals surface area (Å²) in [5.41, 5.74) is 0. The van der Waals surface area contributed by atoms with Crippen molar-refractivity contribution in [2.45, 2.75) is 0 Å². The van der Waals surface area contributed by atoms with Crippen LogP contribution in [0.15, 0.2) is 0 Å². The van der Waals surface area contributed by atoms with E-state index in [1.807, 2.05) is 0 Å². The molecule has 1 heterocycles. The summed E-state index contributed by atoms with van der Waals surface area (Å²) in [6, 6.07) is 0. The van der Waals surface area contributed by atoms with Crippen LogP contribution in [0.5, 0.6) is 0 Å². The van der Waals surface area contributed by atoms with Crippen molar-refractivity contribution in [1.82, 2.24) is 0 Å². The van der Waals surface area contributed by atoms with Gasteiger partial charge < -0.3 is 21.2 Å². The third-order valence-corrected chi connectivity index (χ3v) is 4.42. The molecule has 0 amide bonds. The van der Waals surface area contributed by atoms with Crippen LogP contribution < -0.4 is 0 Å². The van der Waals surface area contributed by atoms with Gasteiger partial charge >= 0.3 is 11.9 Å². The summed E-state index contributed by atoms with van der Waals surface area (Å²) in [6.07, 6.45) is 0. The van der Waals surface area contributed by atoms with E-state index in [2.05, 4.69) is 0 Å². The molecule has 8 nitrogen and oxygen atoms in total. The molecule has 98 valence electrons. The van der Waals surface area contributed by atoms with E-state index in [0.29, 0.717) is 23.0 Å². The fraction of sp³-hybridized carbons (Fsp3) is 0.667. The van der Waals surface area contributed by atoms with Gasteiger partial charge in [-0.15, -0.1) is 0 Å². The van der Waals surface area contributed by atoms with Crippen LogP contribution in [0.3, 0.4) is 0 Å². The monoisotopic (exact) mass is 278 g/mol. The van der Waals surface area contributed by atoms with E-state index in [0.717, 1.165) is 0 Å². The quantitative estimate of drug-likeness (QED) is 0.447. The zero-order valence-electron chi connectivity index (χ0n) is 8.17. The zero-order chi connectivity index (χ0) is 11.1. The average Bonchev–Trinajstić information content (AvgIpc) is 2.11. The lowest BCUT2D eigenvalue weighted by Crippen LogP contribution is -2.22. The summed E-state index contributed by atoms with van der Waals surface area (Å²) < 4.78 is 21.2. The van der Waals surface area contributed by atoms with E-state index in [9.17, 15) is 8.42 Å². The highest BCUT2D eigenvalue weighted by atomic mass is 32.2. The second kappa shape index (κ2) is 10.7. The van der Waals surface area contributed by atoms with Crippen molar-refractivity contribution in [1.29, 1.82) is 0 Å². The molecule has 0 aliphatic carbocycles. The summed E-state index contributed by atoms with van der Waals surface area (Å²) >= 11 is 0. The molecule has 1 rings (SSSR count). The van der Waals surface area contributed by atoms with Gasteiger partial charge in [0.1, 0.15) is 0 Å². The molecule has 10 heteroatoms. The molecule has 16 heavy (non-hydrogen) atoms. The van der Waals surface area contributed by atoms with Crippen molar-refractivity contribution in [3.63, 3.8) is 0 Å². The maximum atomic E-state index is 10.6. The Kier molecular flexibility index (Phi) is 13.7. The van der Waals surface area contributed by atoms with Crippen LogP contribution in [0.2, 0.25) is 0 Å². The molecule has 0 saturated carbocycles. The van der Waals surface area contributed by atoms with Crippen LogP contribution in [0.25, 0.3) is 0 Å². The fourth-order valence-corrected chi connectivity index (χ4v) is 3.96. The van der Waals surface area contributed by atoms with Crippen LogP contribution in [-0.2, 0) is 31.2 Å². The van der Waals surface area contributed by atoms with Crippen LogP contribution in [-0.4, -0.2) is 64.5 Å². The number of hydrogen-bond donors (Lipinski definition) is 2. The van der Waals surface area contributed by atoms with E-state index in [-0.39, 0.29) is 11.0 Å². The van der Waals surface area contributed by atoms with Gasteiger partial charge in [0.15, 0.2) is 0 Å². The minimum absolute atomic E-state index is 0. The average molecular weight is 278 g/mol. The highest BCUT2D eigenvalue weighted by molar-refractivity contribution is 7.92. The molecule has 0 atom stereocenters. The van der Waals surface area contributed by atoms with E-state index in [1.165, 1.54) is 0 Å². The van der Waals surface area contributed by atoms with Gasteiger partial charge in [-0.05, 0) is 0 Å². The van der Waals surface area contributed by atoms with Gasteiger partial charge in [0, 0.05) is 44.6 Å². The Morgan fingerprint density at radius 1 is 0.750 bits per heavy atom. The number of carbonyl (C=O) groups is 2. The van der Waals surface area contributed by atoms with Crippen molar-refractivity contribution >= 4 is 33.5 Å². The van der Waals surface area contributed by atoms with Crippen molar-refractivity contribution in [2.24, 2.45) is 0 Å². The van der Waals surface area contributed by atoms with Crippen molar-refractivity contribution in [3.8, 4) is 0 Å². The first-order valence-electron chi connectivity index (χ1n) is 3.59. The number of aliphatic carboxylic acids is 2. The van der Waals surface area contributed by atoms with Gasteiger partial charge in [0.2, 0.25) is 0 Å². The van der Waals surface area contributed by atoms with Crippen LogP contribution in [0.4, 0.5) is 0 Å². The summed E-state index contributed by atoms with van der Waals surface area (Å²) in [5.74, 6) is -1.07. The van der Waals surface area contributed by atoms with Crippen molar-refractivity contribution in [2.75, 3.05) is 23.0 Å². The first-order chi connectivity index (χ1) is 6.43. The van der Waals surface area contributed by atoms with Gasteiger partial charge in [-0.3, -0.25) is 8.42 Å². The predicted molar refractivity (Wildman–Crippen MR) is 58.3 cm³/mol. The van der Waals surface area contributed by atoms with Gasteiger partial charge in [-0.1, -0.05) is 0 Å². The van der Waals surface area contributed by atoms with Crippen LogP contribution in [0, 0.1) is 0 Å². The van der Waals surface area contributed by atoms with Crippen molar-refractivity contribution < 1.29 is 39.2 Å².